The number of ketones is 1. The lowest BCUT2D eigenvalue weighted by atomic mass is 9.83. The topological polar surface area (TPSA) is 129 Å². The van der Waals surface area contributed by atoms with Crippen molar-refractivity contribution in [2.24, 2.45) is 5.92 Å². The molecular weight excluding hydrogens is 556 g/mol. The molecule has 3 amide bonds. The zero-order valence-corrected chi connectivity index (χ0v) is 25.9. The van der Waals surface area contributed by atoms with Gasteiger partial charge in [-0.15, -0.1) is 11.3 Å². The highest BCUT2D eigenvalue weighted by molar-refractivity contribution is 7.10. The normalized spacial score (nSPS) is 19.2. The number of phenolic OH excluding ortho intramolecular Hbond substituents is 1. The van der Waals surface area contributed by atoms with Crippen molar-refractivity contribution in [3.8, 4) is 5.75 Å². The summed E-state index contributed by atoms with van der Waals surface area (Å²) in [4.78, 5) is 60.8. The van der Waals surface area contributed by atoms with Crippen LogP contribution in [0.2, 0.25) is 0 Å². The van der Waals surface area contributed by atoms with Gasteiger partial charge in [-0.3, -0.25) is 19.3 Å². The van der Waals surface area contributed by atoms with Crippen LogP contribution in [0.25, 0.3) is 0 Å². The van der Waals surface area contributed by atoms with E-state index >= 15 is 0 Å². The lowest BCUT2D eigenvalue weighted by Crippen LogP contribution is -2.56. The SMILES string of the molecule is CC(C(=O)NC(C(=O)N1CCC[C@H]1c1nc(C(=O)c2cccc(O)c2)cs1)C1CCCCC1)N(C)C(=O)OC(C)(C)C. The van der Waals surface area contributed by atoms with E-state index in [0.717, 1.165) is 38.5 Å². The molecule has 2 aromatic rings. The van der Waals surface area contributed by atoms with Gasteiger partial charge in [0.15, 0.2) is 0 Å². The Bertz CT molecular complexity index is 1300. The minimum atomic E-state index is -0.835. The molecule has 11 heteroatoms. The molecule has 2 unspecified atom stereocenters. The van der Waals surface area contributed by atoms with E-state index in [2.05, 4.69) is 10.3 Å². The largest absolute Gasteiger partial charge is 0.508 e. The fourth-order valence-electron chi connectivity index (χ4n) is 5.60. The Kier molecular flexibility index (Phi) is 9.91. The van der Waals surface area contributed by atoms with Crippen molar-refractivity contribution in [2.45, 2.75) is 96.4 Å². The van der Waals surface area contributed by atoms with Crippen LogP contribution in [0.1, 0.15) is 99.7 Å². The molecule has 2 aliphatic rings. The number of likely N-dealkylation sites (tertiary alicyclic amines) is 1. The number of nitrogens with zero attached hydrogens (tertiary/aromatic N) is 3. The lowest BCUT2D eigenvalue weighted by molar-refractivity contribution is -0.140. The predicted molar refractivity (Wildman–Crippen MR) is 159 cm³/mol. The number of aromatic nitrogens is 1. The van der Waals surface area contributed by atoms with Gasteiger partial charge < -0.3 is 20.1 Å². The summed E-state index contributed by atoms with van der Waals surface area (Å²) in [6, 6.07) is 4.30. The van der Waals surface area contributed by atoms with Gasteiger partial charge in [-0.2, -0.15) is 0 Å². The van der Waals surface area contributed by atoms with Gasteiger partial charge in [-0.25, -0.2) is 9.78 Å². The summed E-state index contributed by atoms with van der Waals surface area (Å²) in [5.41, 5.74) is -0.0800. The summed E-state index contributed by atoms with van der Waals surface area (Å²) in [6.45, 7) is 7.46. The quantitative estimate of drug-likeness (QED) is 0.406. The standard InChI is InChI=1S/C31H42N4O6S/c1-19(34(5)30(40)41-31(2,3)4)27(38)33-25(20-11-7-6-8-12-20)29(39)35-16-10-15-24(35)28-32-23(18-42-28)26(37)21-13-9-14-22(36)17-21/h9,13-14,17-20,24-25,36H,6-8,10-12,15-16H2,1-5H3,(H,33,38)/t19?,24-,25?/m0/s1. The summed E-state index contributed by atoms with van der Waals surface area (Å²) in [5.74, 6) is -0.849. The molecule has 1 saturated heterocycles. The zero-order valence-electron chi connectivity index (χ0n) is 25.1. The molecule has 0 bridgehead atoms. The van der Waals surface area contributed by atoms with Crippen LogP contribution < -0.4 is 5.32 Å². The van der Waals surface area contributed by atoms with E-state index in [-0.39, 0.29) is 35.1 Å². The van der Waals surface area contributed by atoms with E-state index in [4.69, 9.17) is 4.74 Å². The molecule has 42 heavy (non-hydrogen) atoms. The first-order valence-electron chi connectivity index (χ1n) is 14.7. The summed E-state index contributed by atoms with van der Waals surface area (Å²) >= 11 is 1.34. The fraction of sp³-hybridized carbons (Fsp3) is 0.581. The number of thiazole rings is 1. The Hall–Kier alpha value is -3.47. The molecule has 0 spiro atoms. The molecule has 10 nitrogen and oxygen atoms in total. The number of aromatic hydroxyl groups is 1. The van der Waals surface area contributed by atoms with Crippen LogP contribution >= 0.6 is 11.3 Å². The van der Waals surface area contributed by atoms with Gasteiger partial charge in [0.05, 0.1) is 6.04 Å². The summed E-state index contributed by atoms with van der Waals surface area (Å²) in [7, 11) is 1.52. The molecule has 0 radical (unpaired) electrons. The van der Waals surface area contributed by atoms with E-state index in [1.54, 1.807) is 50.1 Å². The number of benzene rings is 1. The van der Waals surface area contributed by atoms with E-state index < -0.39 is 29.7 Å². The minimum Gasteiger partial charge on any atom is -0.508 e. The molecule has 228 valence electrons. The number of carbonyl (C=O) groups excluding carboxylic acids is 4. The number of ether oxygens (including phenoxy) is 1. The highest BCUT2D eigenvalue weighted by Gasteiger charge is 2.41. The lowest BCUT2D eigenvalue weighted by Gasteiger charge is -2.36. The van der Waals surface area contributed by atoms with Gasteiger partial charge >= 0.3 is 6.09 Å². The van der Waals surface area contributed by atoms with Crippen molar-refractivity contribution < 1.29 is 29.0 Å². The number of amides is 3. The van der Waals surface area contributed by atoms with Crippen LogP contribution in [-0.2, 0) is 14.3 Å². The second-order valence-corrected chi connectivity index (χ2v) is 13.2. The molecule has 3 atom stereocenters. The predicted octanol–water partition coefficient (Wildman–Crippen LogP) is 5.06. The number of hydrogen-bond donors (Lipinski definition) is 2. The van der Waals surface area contributed by atoms with Crippen molar-refractivity contribution in [3.63, 3.8) is 0 Å². The monoisotopic (exact) mass is 598 g/mol. The molecule has 1 aromatic heterocycles. The first kappa shape index (κ1) is 31.5. The van der Waals surface area contributed by atoms with Gasteiger partial charge in [0.2, 0.25) is 17.6 Å². The molecule has 1 aliphatic carbocycles. The molecule has 2 fully saturated rings. The Morgan fingerprint density at radius 1 is 1.12 bits per heavy atom. The number of phenols is 1. The van der Waals surface area contributed by atoms with Gasteiger partial charge in [0, 0.05) is 24.5 Å². The Balaban J connectivity index is 1.51. The molecule has 2 N–H and O–H groups in total. The summed E-state index contributed by atoms with van der Waals surface area (Å²) in [6.07, 6.45) is 5.66. The third-order valence-corrected chi connectivity index (χ3v) is 8.96. The second kappa shape index (κ2) is 13.2. The van der Waals surface area contributed by atoms with Gasteiger partial charge in [0.1, 0.15) is 34.1 Å². The molecular formula is C31H42N4O6S. The average Bonchev–Trinajstić information content (AvgIpc) is 3.64. The van der Waals surface area contributed by atoms with Crippen LogP contribution in [0.15, 0.2) is 29.6 Å². The van der Waals surface area contributed by atoms with Crippen molar-refractivity contribution in [2.75, 3.05) is 13.6 Å². The number of rotatable bonds is 8. The highest BCUT2D eigenvalue weighted by Crippen LogP contribution is 2.36. The minimum absolute atomic E-state index is 0.00493. The third kappa shape index (κ3) is 7.48. The van der Waals surface area contributed by atoms with Gasteiger partial charge in [-0.05, 0) is 71.4 Å². The molecule has 2 heterocycles. The van der Waals surface area contributed by atoms with Gasteiger partial charge in [-0.1, -0.05) is 31.4 Å². The van der Waals surface area contributed by atoms with Gasteiger partial charge in [0.25, 0.3) is 0 Å². The van der Waals surface area contributed by atoms with E-state index in [1.165, 1.54) is 35.4 Å². The maximum atomic E-state index is 14.2. The zero-order chi connectivity index (χ0) is 30.6. The number of hydrogen-bond acceptors (Lipinski definition) is 8. The van der Waals surface area contributed by atoms with E-state index in [9.17, 15) is 24.3 Å². The average molecular weight is 599 g/mol. The second-order valence-electron chi connectivity index (χ2n) is 12.3. The van der Waals surface area contributed by atoms with Crippen LogP contribution in [-0.4, -0.2) is 74.9 Å². The highest BCUT2D eigenvalue weighted by atomic mass is 32.1. The fourth-order valence-corrected chi connectivity index (χ4v) is 6.54. The number of carbonyl (C=O) groups is 4. The van der Waals surface area contributed by atoms with Crippen LogP contribution in [0.5, 0.6) is 5.75 Å². The number of nitrogens with one attached hydrogen (secondary N) is 1. The van der Waals surface area contributed by atoms with Crippen molar-refractivity contribution in [3.05, 3.63) is 45.9 Å². The van der Waals surface area contributed by atoms with Crippen LogP contribution in [0, 0.1) is 5.92 Å². The van der Waals surface area contributed by atoms with Crippen molar-refractivity contribution in [1.82, 2.24) is 20.1 Å². The maximum absolute atomic E-state index is 14.2. The summed E-state index contributed by atoms with van der Waals surface area (Å²) in [5, 5.41) is 15.1. The van der Waals surface area contributed by atoms with Crippen molar-refractivity contribution >= 4 is 35.0 Å². The maximum Gasteiger partial charge on any atom is 0.410 e. The molecule has 1 aliphatic heterocycles. The Morgan fingerprint density at radius 2 is 1.83 bits per heavy atom. The molecule has 4 rings (SSSR count). The molecule has 1 saturated carbocycles. The van der Waals surface area contributed by atoms with E-state index in [0.29, 0.717) is 23.5 Å². The van der Waals surface area contributed by atoms with Crippen LogP contribution in [0.3, 0.4) is 0 Å². The Labute approximate surface area is 251 Å². The summed E-state index contributed by atoms with van der Waals surface area (Å²) < 4.78 is 5.43. The number of likely N-dealkylation sites (N-methyl/N-ethyl adjacent to an activating group) is 1. The smallest absolute Gasteiger partial charge is 0.410 e. The van der Waals surface area contributed by atoms with Crippen molar-refractivity contribution in [1.29, 1.82) is 0 Å². The third-order valence-electron chi connectivity index (χ3n) is 8.01. The molecule has 1 aromatic carbocycles. The first-order valence-corrected chi connectivity index (χ1v) is 15.6. The Morgan fingerprint density at radius 3 is 2.50 bits per heavy atom. The van der Waals surface area contributed by atoms with Crippen LogP contribution in [0.4, 0.5) is 4.79 Å². The van der Waals surface area contributed by atoms with E-state index in [1.807, 2.05) is 0 Å². The first-order chi connectivity index (χ1) is 19.9.